The summed E-state index contributed by atoms with van der Waals surface area (Å²) in [4.78, 5) is 25.9. The second kappa shape index (κ2) is 4.18. The molecule has 4 rings (SSSR count). The molecule has 22 heavy (non-hydrogen) atoms. The van der Waals surface area contributed by atoms with Crippen LogP contribution in [0.1, 0.15) is 31.8 Å². The number of fused-ring (bicyclic) bond motifs is 3. The van der Waals surface area contributed by atoms with Crippen molar-refractivity contribution in [3.8, 4) is 11.5 Å². The van der Waals surface area contributed by atoms with Crippen LogP contribution >= 0.6 is 0 Å². The van der Waals surface area contributed by atoms with Crippen molar-refractivity contribution >= 4 is 11.6 Å². The Hall–Kier alpha value is -2.66. The van der Waals surface area contributed by atoms with Crippen LogP contribution in [-0.2, 0) is 12.0 Å². The highest BCUT2D eigenvalue weighted by molar-refractivity contribution is 6.33. The van der Waals surface area contributed by atoms with Crippen molar-refractivity contribution < 1.29 is 19.8 Å². The summed E-state index contributed by atoms with van der Waals surface area (Å²) in [6.45, 7) is 0.447. The van der Waals surface area contributed by atoms with E-state index in [-0.39, 0.29) is 22.9 Å². The zero-order valence-corrected chi connectivity index (χ0v) is 11.6. The molecule has 110 valence electrons. The van der Waals surface area contributed by atoms with E-state index in [0.29, 0.717) is 29.7 Å². The van der Waals surface area contributed by atoms with Gasteiger partial charge in [0.15, 0.2) is 28.6 Å². The molecule has 1 spiro atoms. The number of rotatable bonds is 0. The molecule has 5 nitrogen and oxygen atoms in total. The molecule has 2 aromatic rings. The molecule has 0 radical (unpaired) electrons. The number of carbonyl (C=O) groups is 2. The fourth-order valence-electron chi connectivity index (χ4n) is 3.50. The molecule has 0 aromatic heterocycles. The van der Waals surface area contributed by atoms with Crippen LogP contribution in [0.3, 0.4) is 0 Å². The van der Waals surface area contributed by atoms with Gasteiger partial charge in [-0.2, -0.15) is 0 Å². The van der Waals surface area contributed by atoms with E-state index < -0.39 is 11.3 Å². The largest absolute Gasteiger partial charge is 0.504 e. The molecule has 0 fully saturated rings. The Kier molecular flexibility index (Phi) is 2.47. The predicted molar refractivity (Wildman–Crippen MR) is 78.3 cm³/mol. The molecule has 1 aliphatic heterocycles. The first kappa shape index (κ1) is 13.0. The number of phenolic OH excluding ortho intramolecular Hbond substituents is 2. The maximum absolute atomic E-state index is 12.9. The summed E-state index contributed by atoms with van der Waals surface area (Å²) in [6, 6.07) is 9.66. The second-order valence-electron chi connectivity index (χ2n) is 5.60. The lowest BCUT2D eigenvalue weighted by Gasteiger charge is -2.34. The molecular formula is C17H13NO4. The van der Waals surface area contributed by atoms with E-state index >= 15 is 0 Å². The fourth-order valence-corrected chi connectivity index (χ4v) is 3.50. The van der Waals surface area contributed by atoms with Gasteiger partial charge >= 0.3 is 0 Å². The second-order valence-corrected chi connectivity index (χ2v) is 5.60. The number of nitrogens with one attached hydrogen (secondary N) is 1. The maximum atomic E-state index is 12.9. The number of Topliss-reactive ketones (excluding diaryl/α,β-unsaturated/α-hetero) is 2. The average molecular weight is 295 g/mol. The zero-order chi connectivity index (χ0) is 15.5. The highest BCUT2D eigenvalue weighted by atomic mass is 16.3. The molecule has 0 saturated carbocycles. The third-order valence-corrected chi connectivity index (χ3v) is 4.50. The van der Waals surface area contributed by atoms with Crippen molar-refractivity contribution in [1.29, 1.82) is 0 Å². The van der Waals surface area contributed by atoms with Crippen molar-refractivity contribution in [3.63, 3.8) is 0 Å². The topological polar surface area (TPSA) is 86.6 Å². The Morgan fingerprint density at radius 3 is 2.23 bits per heavy atom. The van der Waals surface area contributed by atoms with E-state index in [4.69, 9.17) is 0 Å². The van der Waals surface area contributed by atoms with Gasteiger partial charge in [0, 0.05) is 23.2 Å². The van der Waals surface area contributed by atoms with Gasteiger partial charge in [-0.3, -0.25) is 14.9 Å². The molecule has 1 aliphatic carbocycles. The molecular weight excluding hydrogens is 282 g/mol. The van der Waals surface area contributed by atoms with Crippen molar-refractivity contribution in [2.24, 2.45) is 0 Å². The van der Waals surface area contributed by atoms with Crippen LogP contribution in [0.4, 0.5) is 0 Å². The van der Waals surface area contributed by atoms with E-state index in [0.717, 1.165) is 0 Å². The molecule has 0 atom stereocenters. The number of aromatic hydroxyl groups is 2. The van der Waals surface area contributed by atoms with E-state index in [1.165, 1.54) is 6.07 Å². The summed E-state index contributed by atoms with van der Waals surface area (Å²) in [5, 5.41) is 23.1. The predicted octanol–water partition coefficient (Wildman–Crippen LogP) is 1.52. The van der Waals surface area contributed by atoms with Gasteiger partial charge in [0.1, 0.15) is 0 Å². The SMILES string of the molecule is O=C1c2ccccc2C(=O)C12NCCc1ccc(O)c(O)c12. The van der Waals surface area contributed by atoms with Crippen LogP contribution in [0.25, 0.3) is 0 Å². The number of carbonyl (C=O) groups excluding carboxylic acids is 2. The summed E-state index contributed by atoms with van der Waals surface area (Å²) in [5.41, 5.74) is -0.0557. The minimum absolute atomic E-state index is 0.185. The van der Waals surface area contributed by atoms with Crippen molar-refractivity contribution in [2.45, 2.75) is 12.0 Å². The highest BCUT2D eigenvalue weighted by Gasteiger charge is 2.57. The average Bonchev–Trinajstić information content (AvgIpc) is 2.75. The summed E-state index contributed by atoms with van der Waals surface area (Å²) < 4.78 is 0. The molecule has 1 heterocycles. The first-order valence-electron chi connectivity index (χ1n) is 7.05. The molecule has 0 saturated heterocycles. The van der Waals surface area contributed by atoms with Crippen molar-refractivity contribution in [3.05, 3.63) is 58.7 Å². The molecule has 5 heteroatoms. The van der Waals surface area contributed by atoms with Gasteiger partial charge in [-0.15, -0.1) is 0 Å². The van der Waals surface area contributed by atoms with Gasteiger partial charge < -0.3 is 10.2 Å². The first-order valence-corrected chi connectivity index (χ1v) is 7.05. The summed E-state index contributed by atoms with van der Waals surface area (Å²) in [5.74, 6) is -1.50. The minimum Gasteiger partial charge on any atom is -0.504 e. The number of phenols is 2. The Bertz CT molecular complexity index is 806. The minimum atomic E-state index is -1.62. The first-order chi connectivity index (χ1) is 10.6. The normalized spacial score (nSPS) is 18.4. The van der Waals surface area contributed by atoms with Gasteiger partial charge in [-0.25, -0.2) is 0 Å². The Morgan fingerprint density at radius 1 is 0.955 bits per heavy atom. The lowest BCUT2D eigenvalue weighted by Crippen LogP contribution is -2.55. The third kappa shape index (κ3) is 1.36. The standard InChI is InChI=1S/C17H13NO4/c19-12-6-5-9-7-8-18-17(13(9)14(12)20)15(21)10-3-1-2-4-11(10)16(17)22/h1-6,18-20H,7-8H2. The smallest absolute Gasteiger partial charge is 0.196 e. The van der Waals surface area contributed by atoms with Crippen LogP contribution in [0.5, 0.6) is 11.5 Å². The summed E-state index contributed by atoms with van der Waals surface area (Å²) in [7, 11) is 0. The van der Waals surface area contributed by atoms with Crippen LogP contribution in [0, 0.1) is 0 Å². The van der Waals surface area contributed by atoms with Gasteiger partial charge in [0.05, 0.1) is 0 Å². The molecule has 2 aromatic carbocycles. The lowest BCUT2D eigenvalue weighted by molar-refractivity contribution is 0.0742. The molecule has 0 amide bonds. The molecule has 0 bridgehead atoms. The van der Waals surface area contributed by atoms with Gasteiger partial charge in [0.25, 0.3) is 0 Å². The lowest BCUT2D eigenvalue weighted by atomic mass is 9.78. The van der Waals surface area contributed by atoms with Crippen molar-refractivity contribution in [1.82, 2.24) is 5.32 Å². The van der Waals surface area contributed by atoms with Gasteiger partial charge in [-0.1, -0.05) is 30.3 Å². The maximum Gasteiger partial charge on any atom is 0.196 e. The highest BCUT2D eigenvalue weighted by Crippen LogP contribution is 2.47. The van der Waals surface area contributed by atoms with E-state index in [9.17, 15) is 19.8 Å². The van der Waals surface area contributed by atoms with E-state index in [1.54, 1.807) is 30.3 Å². The number of hydrogen-bond acceptors (Lipinski definition) is 5. The van der Waals surface area contributed by atoms with Gasteiger partial charge in [0.2, 0.25) is 0 Å². The van der Waals surface area contributed by atoms with Crippen LogP contribution in [0.15, 0.2) is 36.4 Å². The zero-order valence-electron chi connectivity index (χ0n) is 11.6. The summed E-state index contributed by atoms with van der Waals surface area (Å²) in [6.07, 6.45) is 0.571. The third-order valence-electron chi connectivity index (χ3n) is 4.50. The quantitative estimate of drug-likeness (QED) is 0.507. The van der Waals surface area contributed by atoms with E-state index in [2.05, 4.69) is 5.32 Å². The monoisotopic (exact) mass is 295 g/mol. The van der Waals surface area contributed by atoms with Gasteiger partial charge in [-0.05, 0) is 18.1 Å². The molecule has 3 N–H and O–H groups in total. The number of hydrogen-bond donors (Lipinski definition) is 3. The Labute approximate surface area is 126 Å². The Morgan fingerprint density at radius 2 is 1.59 bits per heavy atom. The van der Waals surface area contributed by atoms with Crippen LogP contribution < -0.4 is 5.32 Å². The van der Waals surface area contributed by atoms with Crippen LogP contribution in [0.2, 0.25) is 0 Å². The fraction of sp³-hybridized carbons (Fsp3) is 0.176. The Balaban J connectivity index is 2.06. The van der Waals surface area contributed by atoms with Crippen molar-refractivity contribution in [2.75, 3.05) is 6.54 Å². The number of benzene rings is 2. The summed E-state index contributed by atoms with van der Waals surface area (Å²) >= 11 is 0. The number of ketones is 2. The van der Waals surface area contributed by atoms with Crippen LogP contribution in [-0.4, -0.2) is 28.3 Å². The van der Waals surface area contributed by atoms with E-state index in [1.807, 2.05) is 0 Å². The molecule has 2 aliphatic rings. The molecule has 0 unspecified atom stereocenters.